The second-order valence-electron chi connectivity index (χ2n) is 4.55. The van der Waals surface area contributed by atoms with Crippen LogP contribution in [0.2, 0.25) is 5.02 Å². The van der Waals surface area contributed by atoms with Crippen LogP contribution in [0.4, 0.5) is 5.69 Å². The Hall–Kier alpha value is -0.860. The van der Waals surface area contributed by atoms with Gasteiger partial charge in [0.25, 0.3) is 0 Å². The summed E-state index contributed by atoms with van der Waals surface area (Å²) in [5, 5.41) is 0.396. The highest BCUT2D eigenvalue weighted by Gasteiger charge is 2.40. The smallest absolute Gasteiger partial charge is 0.245 e. The lowest BCUT2D eigenvalue weighted by molar-refractivity contribution is -0.00461. The van der Waals surface area contributed by atoms with Crippen molar-refractivity contribution in [2.45, 2.75) is 17.1 Å². The number of methoxy groups -OCH3 is 2. The maximum absolute atomic E-state index is 12.6. The van der Waals surface area contributed by atoms with E-state index in [1.807, 2.05) is 0 Å². The number of ether oxygens (including phenoxy) is 2. The molecule has 1 aromatic rings. The Labute approximate surface area is 123 Å². The number of benzene rings is 1. The van der Waals surface area contributed by atoms with E-state index in [1.165, 1.54) is 36.7 Å². The van der Waals surface area contributed by atoms with Crippen molar-refractivity contribution in [2.75, 3.05) is 33.0 Å². The first-order chi connectivity index (χ1) is 9.40. The van der Waals surface area contributed by atoms with Gasteiger partial charge in [0.15, 0.2) is 0 Å². The molecule has 0 aromatic heterocycles. The van der Waals surface area contributed by atoms with Gasteiger partial charge in [-0.2, -0.15) is 4.31 Å². The predicted octanol–water partition coefficient (Wildman–Crippen LogP) is 0.956. The van der Waals surface area contributed by atoms with Crippen LogP contribution in [0.15, 0.2) is 23.1 Å². The van der Waals surface area contributed by atoms with Gasteiger partial charge < -0.3 is 15.2 Å². The molecule has 0 saturated carbocycles. The minimum Gasteiger partial charge on any atom is -0.398 e. The fraction of sp³-hybridized carbons (Fsp3) is 0.500. The lowest BCUT2D eigenvalue weighted by Crippen LogP contribution is -2.30. The summed E-state index contributed by atoms with van der Waals surface area (Å²) in [5.41, 5.74) is 5.89. The minimum atomic E-state index is -3.68. The summed E-state index contributed by atoms with van der Waals surface area (Å²) in [6.07, 6.45) is -0.577. The molecular formula is C12H17ClN2O4S. The fourth-order valence-corrected chi connectivity index (χ4v) is 4.00. The van der Waals surface area contributed by atoms with Gasteiger partial charge in [0.05, 0.1) is 17.9 Å². The molecule has 112 valence electrons. The Balaban J connectivity index is 2.32. The van der Waals surface area contributed by atoms with E-state index in [4.69, 9.17) is 26.8 Å². The van der Waals surface area contributed by atoms with Gasteiger partial charge in [-0.25, -0.2) is 8.42 Å². The molecule has 2 unspecified atom stereocenters. The predicted molar refractivity (Wildman–Crippen MR) is 76.2 cm³/mol. The Bertz CT molecular complexity index is 581. The van der Waals surface area contributed by atoms with Crippen LogP contribution in [0, 0.1) is 0 Å². The summed E-state index contributed by atoms with van der Waals surface area (Å²) in [4.78, 5) is 0.0495. The molecule has 1 aliphatic rings. The second-order valence-corrected chi connectivity index (χ2v) is 6.90. The molecule has 1 aromatic carbocycles. The number of nitrogens with zero attached hydrogens (tertiary/aromatic N) is 1. The van der Waals surface area contributed by atoms with E-state index < -0.39 is 10.0 Å². The molecule has 1 saturated heterocycles. The standard InChI is InChI=1S/C12H17ClN2O4S/c1-18-10-6-15(7-11(10)19-2)20(16,17)12-4-3-8(13)5-9(12)14/h3-5,10-11H,6-7,14H2,1-2H3. The van der Waals surface area contributed by atoms with E-state index >= 15 is 0 Å². The van der Waals surface area contributed by atoms with Crippen LogP contribution in [0.3, 0.4) is 0 Å². The molecule has 0 bridgehead atoms. The topological polar surface area (TPSA) is 81.9 Å². The van der Waals surface area contributed by atoms with E-state index in [0.717, 1.165) is 0 Å². The average Bonchev–Trinajstić information content (AvgIpc) is 2.82. The Morgan fingerprint density at radius 3 is 2.25 bits per heavy atom. The molecule has 1 aliphatic heterocycles. The molecule has 0 amide bonds. The van der Waals surface area contributed by atoms with Gasteiger partial charge in [0, 0.05) is 32.3 Å². The van der Waals surface area contributed by atoms with Crippen molar-refractivity contribution in [3.8, 4) is 0 Å². The molecular weight excluding hydrogens is 304 g/mol. The van der Waals surface area contributed by atoms with Gasteiger partial charge >= 0.3 is 0 Å². The number of halogens is 1. The third-order valence-corrected chi connectivity index (χ3v) is 5.52. The van der Waals surface area contributed by atoms with Crippen molar-refractivity contribution < 1.29 is 17.9 Å². The molecule has 1 heterocycles. The van der Waals surface area contributed by atoms with Gasteiger partial charge in [-0.3, -0.25) is 0 Å². The molecule has 2 N–H and O–H groups in total. The fourth-order valence-electron chi connectivity index (χ4n) is 2.25. The summed E-state index contributed by atoms with van der Waals surface area (Å²) >= 11 is 5.79. The molecule has 0 spiro atoms. The zero-order valence-corrected chi connectivity index (χ0v) is 12.8. The maximum atomic E-state index is 12.6. The van der Waals surface area contributed by atoms with Crippen molar-refractivity contribution in [1.82, 2.24) is 4.31 Å². The van der Waals surface area contributed by atoms with Gasteiger partial charge in [0.2, 0.25) is 10.0 Å². The quantitative estimate of drug-likeness (QED) is 0.836. The van der Waals surface area contributed by atoms with Crippen LogP contribution < -0.4 is 5.73 Å². The summed E-state index contributed by atoms with van der Waals surface area (Å²) in [6.45, 7) is 0.471. The normalized spacial score (nSPS) is 24.1. The molecule has 0 radical (unpaired) electrons. The third kappa shape index (κ3) is 2.77. The number of nitrogens with two attached hydrogens (primary N) is 1. The van der Waals surface area contributed by atoms with E-state index in [2.05, 4.69) is 0 Å². The van der Waals surface area contributed by atoms with E-state index in [1.54, 1.807) is 0 Å². The van der Waals surface area contributed by atoms with Crippen molar-refractivity contribution in [3.05, 3.63) is 23.2 Å². The molecule has 2 atom stereocenters. The number of anilines is 1. The zero-order valence-electron chi connectivity index (χ0n) is 11.2. The second kappa shape index (κ2) is 5.87. The third-order valence-electron chi connectivity index (χ3n) is 3.38. The Morgan fingerprint density at radius 2 is 1.80 bits per heavy atom. The monoisotopic (exact) mass is 320 g/mol. The number of rotatable bonds is 4. The summed E-state index contributed by atoms with van der Waals surface area (Å²) in [6, 6.07) is 4.34. The van der Waals surface area contributed by atoms with Crippen LogP contribution in [0.1, 0.15) is 0 Å². The maximum Gasteiger partial charge on any atom is 0.245 e. The molecule has 20 heavy (non-hydrogen) atoms. The van der Waals surface area contributed by atoms with Crippen molar-refractivity contribution in [2.24, 2.45) is 0 Å². The average molecular weight is 321 g/mol. The van der Waals surface area contributed by atoms with Crippen LogP contribution in [0.25, 0.3) is 0 Å². The van der Waals surface area contributed by atoms with E-state index in [-0.39, 0.29) is 35.9 Å². The molecule has 0 aliphatic carbocycles. The first-order valence-electron chi connectivity index (χ1n) is 6.01. The highest BCUT2D eigenvalue weighted by molar-refractivity contribution is 7.89. The summed E-state index contributed by atoms with van der Waals surface area (Å²) in [5.74, 6) is 0. The van der Waals surface area contributed by atoms with Crippen LogP contribution in [-0.2, 0) is 19.5 Å². The SMILES string of the molecule is COC1CN(S(=O)(=O)c2ccc(Cl)cc2N)CC1OC. The van der Waals surface area contributed by atoms with Gasteiger partial charge in [-0.05, 0) is 18.2 Å². The minimum absolute atomic E-state index is 0.0495. The highest BCUT2D eigenvalue weighted by atomic mass is 35.5. The first kappa shape index (κ1) is 15.5. The Kier molecular flexibility index (Phi) is 4.55. The number of sulfonamides is 1. The largest absolute Gasteiger partial charge is 0.398 e. The lowest BCUT2D eigenvalue weighted by Gasteiger charge is -2.17. The number of hydrogen-bond acceptors (Lipinski definition) is 5. The van der Waals surface area contributed by atoms with Crippen LogP contribution in [-0.4, -0.2) is 52.2 Å². The molecule has 2 rings (SSSR count). The lowest BCUT2D eigenvalue weighted by atomic mass is 10.3. The van der Waals surface area contributed by atoms with Crippen LogP contribution >= 0.6 is 11.6 Å². The van der Waals surface area contributed by atoms with Crippen molar-refractivity contribution in [3.63, 3.8) is 0 Å². The Morgan fingerprint density at radius 1 is 1.25 bits per heavy atom. The van der Waals surface area contributed by atoms with Gasteiger partial charge in [-0.1, -0.05) is 11.6 Å². The summed E-state index contributed by atoms with van der Waals surface area (Å²) in [7, 11) is -0.620. The van der Waals surface area contributed by atoms with Gasteiger partial charge in [-0.15, -0.1) is 0 Å². The summed E-state index contributed by atoms with van der Waals surface area (Å²) < 4.78 is 37.0. The number of hydrogen-bond donors (Lipinski definition) is 1. The number of nitrogen functional groups attached to an aromatic ring is 1. The van der Waals surface area contributed by atoms with E-state index in [9.17, 15) is 8.42 Å². The van der Waals surface area contributed by atoms with Crippen molar-refractivity contribution in [1.29, 1.82) is 0 Å². The first-order valence-corrected chi connectivity index (χ1v) is 7.82. The van der Waals surface area contributed by atoms with E-state index in [0.29, 0.717) is 5.02 Å². The van der Waals surface area contributed by atoms with Crippen LogP contribution in [0.5, 0.6) is 0 Å². The highest BCUT2D eigenvalue weighted by Crippen LogP contribution is 2.28. The molecule has 1 fully saturated rings. The van der Waals surface area contributed by atoms with Gasteiger partial charge in [0.1, 0.15) is 4.90 Å². The molecule has 6 nitrogen and oxygen atoms in total. The molecule has 8 heteroatoms. The van der Waals surface area contributed by atoms with Crippen molar-refractivity contribution >= 4 is 27.3 Å². The zero-order chi connectivity index (χ0) is 14.9.